The molecule has 9 nitrogen and oxygen atoms in total. The summed E-state index contributed by atoms with van der Waals surface area (Å²) in [6, 6.07) is 20.7. The van der Waals surface area contributed by atoms with Crippen LogP contribution in [0.4, 0.5) is 5.69 Å². The van der Waals surface area contributed by atoms with Gasteiger partial charge < -0.3 is 10.1 Å². The predicted octanol–water partition coefficient (Wildman–Crippen LogP) is 4.08. The lowest BCUT2D eigenvalue weighted by Gasteiger charge is -2.32. The summed E-state index contributed by atoms with van der Waals surface area (Å²) >= 11 is 0.929. The van der Waals surface area contributed by atoms with Crippen molar-refractivity contribution in [3.8, 4) is 11.1 Å². The van der Waals surface area contributed by atoms with Gasteiger partial charge in [-0.05, 0) is 43.0 Å². The minimum Gasteiger partial charge on any atom is -0.454 e. The first-order valence-electron chi connectivity index (χ1n) is 11.8. The molecule has 1 amide bonds. The molecule has 2 heterocycles. The summed E-state index contributed by atoms with van der Waals surface area (Å²) in [5, 5.41) is 2.79. The number of ether oxygens (including phenoxy) is 1. The summed E-state index contributed by atoms with van der Waals surface area (Å²) in [5.41, 5.74) is 3.11. The first kappa shape index (κ1) is 25.0. The normalized spacial score (nSPS) is 16.4. The summed E-state index contributed by atoms with van der Waals surface area (Å²) < 4.78 is 41.8. The minimum absolute atomic E-state index is 0.00807. The van der Waals surface area contributed by atoms with Crippen molar-refractivity contribution in [2.45, 2.75) is 30.2 Å². The number of benzene rings is 3. The maximum absolute atomic E-state index is 13.5. The van der Waals surface area contributed by atoms with Crippen LogP contribution in [0.3, 0.4) is 0 Å². The van der Waals surface area contributed by atoms with Crippen LogP contribution in [0.2, 0.25) is 0 Å². The number of anilines is 1. The Kier molecular flexibility index (Phi) is 7.26. The van der Waals surface area contributed by atoms with Crippen molar-refractivity contribution in [1.29, 1.82) is 0 Å². The van der Waals surface area contributed by atoms with Crippen LogP contribution in [0.1, 0.15) is 19.3 Å². The van der Waals surface area contributed by atoms with E-state index in [0.29, 0.717) is 30.5 Å². The molecule has 1 unspecified atom stereocenters. The number of sulfonamides is 1. The van der Waals surface area contributed by atoms with Crippen molar-refractivity contribution in [2.75, 3.05) is 18.5 Å². The summed E-state index contributed by atoms with van der Waals surface area (Å²) in [5.74, 6) is -1.27. The van der Waals surface area contributed by atoms with Crippen LogP contribution in [0.15, 0.2) is 77.7 Å². The summed E-state index contributed by atoms with van der Waals surface area (Å²) in [6.07, 6.45) is 1.60. The molecular formula is C26H24N4O5S2. The number of esters is 1. The molecule has 3 aromatic carbocycles. The average molecular weight is 537 g/mol. The molecule has 1 aromatic heterocycles. The number of para-hydroxylation sites is 1. The van der Waals surface area contributed by atoms with Gasteiger partial charge in [-0.2, -0.15) is 13.1 Å². The number of piperidine rings is 1. The van der Waals surface area contributed by atoms with Crippen LogP contribution in [0.25, 0.3) is 22.2 Å². The number of hydrogen-bond donors (Lipinski definition) is 1. The zero-order chi connectivity index (χ0) is 25.8. The van der Waals surface area contributed by atoms with Crippen LogP contribution < -0.4 is 5.32 Å². The molecule has 190 valence electrons. The van der Waals surface area contributed by atoms with Gasteiger partial charge in [0.1, 0.15) is 22.0 Å². The number of fused-ring (bicyclic) bond motifs is 1. The summed E-state index contributed by atoms with van der Waals surface area (Å²) in [6.45, 7) is -0.357. The van der Waals surface area contributed by atoms with E-state index < -0.39 is 34.5 Å². The Morgan fingerprint density at radius 1 is 0.973 bits per heavy atom. The largest absolute Gasteiger partial charge is 0.454 e. The first-order valence-corrected chi connectivity index (χ1v) is 14.0. The molecular weight excluding hydrogens is 512 g/mol. The van der Waals surface area contributed by atoms with Crippen LogP contribution in [-0.4, -0.2) is 52.5 Å². The summed E-state index contributed by atoms with van der Waals surface area (Å²) in [7, 11) is -4.04. The second-order valence-electron chi connectivity index (χ2n) is 8.58. The highest BCUT2D eigenvalue weighted by atomic mass is 32.2. The van der Waals surface area contributed by atoms with Gasteiger partial charge in [0.25, 0.3) is 5.91 Å². The second-order valence-corrected chi connectivity index (χ2v) is 11.0. The molecule has 1 atom stereocenters. The fraction of sp³-hybridized carbons (Fsp3) is 0.231. The van der Waals surface area contributed by atoms with Gasteiger partial charge in [-0.15, -0.1) is 0 Å². The smallest absolute Gasteiger partial charge is 0.324 e. The Balaban J connectivity index is 1.28. The highest BCUT2D eigenvalue weighted by molar-refractivity contribution is 7.89. The number of aromatic nitrogens is 2. The molecule has 11 heteroatoms. The molecule has 37 heavy (non-hydrogen) atoms. The monoisotopic (exact) mass is 536 g/mol. The van der Waals surface area contributed by atoms with Gasteiger partial charge in [-0.3, -0.25) is 9.59 Å². The lowest BCUT2D eigenvalue weighted by Crippen LogP contribution is -2.49. The highest BCUT2D eigenvalue weighted by Crippen LogP contribution is 2.30. The number of amides is 1. The molecule has 4 aromatic rings. The van der Waals surface area contributed by atoms with Gasteiger partial charge in [0.05, 0.1) is 11.7 Å². The molecule has 1 aliphatic heterocycles. The SMILES string of the molecule is O=C(COC(=O)C1CCCCN1S(=O)(=O)c1cccc2nsnc12)Nc1ccccc1-c1ccccc1. The lowest BCUT2D eigenvalue weighted by atomic mass is 10.0. The Morgan fingerprint density at radius 2 is 1.76 bits per heavy atom. The average Bonchev–Trinajstić information content (AvgIpc) is 3.41. The molecule has 1 fully saturated rings. The second kappa shape index (κ2) is 10.8. The van der Waals surface area contributed by atoms with E-state index in [1.807, 2.05) is 42.5 Å². The molecule has 5 rings (SSSR count). The topological polar surface area (TPSA) is 119 Å². The quantitative estimate of drug-likeness (QED) is 0.354. The third-order valence-electron chi connectivity index (χ3n) is 6.19. The fourth-order valence-electron chi connectivity index (χ4n) is 4.42. The van der Waals surface area contributed by atoms with E-state index in [4.69, 9.17) is 4.74 Å². The highest BCUT2D eigenvalue weighted by Gasteiger charge is 2.39. The van der Waals surface area contributed by atoms with Crippen molar-refractivity contribution in [2.24, 2.45) is 0 Å². The van der Waals surface area contributed by atoms with Crippen molar-refractivity contribution in [3.05, 3.63) is 72.8 Å². The van der Waals surface area contributed by atoms with E-state index >= 15 is 0 Å². The summed E-state index contributed by atoms with van der Waals surface area (Å²) in [4.78, 5) is 25.7. The van der Waals surface area contributed by atoms with Gasteiger partial charge in [0.15, 0.2) is 6.61 Å². The van der Waals surface area contributed by atoms with Crippen molar-refractivity contribution < 1.29 is 22.7 Å². The van der Waals surface area contributed by atoms with E-state index in [1.165, 1.54) is 6.07 Å². The zero-order valence-electron chi connectivity index (χ0n) is 19.7. The van der Waals surface area contributed by atoms with Crippen LogP contribution in [-0.2, 0) is 24.3 Å². The van der Waals surface area contributed by atoms with Crippen molar-refractivity contribution in [1.82, 2.24) is 13.1 Å². The van der Waals surface area contributed by atoms with E-state index in [1.54, 1.807) is 24.3 Å². The molecule has 0 aliphatic carbocycles. The van der Waals surface area contributed by atoms with Gasteiger partial charge in [0.2, 0.25) is 10.0 Å². The number of carbonyl (C=O) groups is 2. The van der Waals surface area contributed by atoms with Crippen molar-refractivity contribution in [3.63, 3.8) is 0 Å². The standard InChI is InChI=1S/C26H24N4O5S2/c31-24(27-20-12-5-4-11-19(20)18-9-2-1-3-10-18)17-35-26(32)22-14-6-7-16-30(22)37(33,34)23-15-8-13-21-25(23)29-36-28-21/h1-5,8-13,15,22H,6-7,14,16-17H2,(H,27,31). The third kappa shape index (κ3) is 5.24. The maximum atomic E-state index is 13.5. The molecule has 1 N–H and O–H groups in total. The zero-order valence-corrected chi connectivity index (χ0v) is 21.4. The minimum atomic E-state index is -4.04. The van der Waals surface area contributed by atoms with Crippen LogP contribution in [0.5, 0.6) is 0 Å². The number of rotatable bonds is 7. The van der Waals surface area contributed by atoms with E-state index in [2.05, 4.69) is 14.1 Å². The molecule has 1 saturated heterocycles. The number of nitrogens with zero attached hydrogens (tertiary/aromatic N) is 3. The Bertz CT molecular complexity index is 1540. The van der Waals surface area contributed by atoms with E-state index in [9.17, 15) is 18.0 Å². The van der Waals surface area contributed by atoms with E-state index in [0.717, 1.165) is 27.2 Å². The van der Waals surface area contributed by atoms with Crippen molar-refractivity contribution >= 4 is 50.3 Å². The molecule has 0 saturated carbocycles. The van der Waals surface area contributed by atoms with Gasteiger partial charge in [-0.1, -0.05) is 54.6 Å². The molecule has 1 aliphatic rings. The fourth-order valence-corrected chi connectivity index (χ4v) is 6.83. The first-order chi connectivity index (χ1) is 17.9. The van der Waals surface area contributed by atoms with Crippen LogP contribution >= 0.6 is 11.7 Å². The maximum Gasteiger partial charge on any atom is 0.324 e. The predicted molar refractivity (Wildman–Crippen MR) is 140 cm³/mol. The lowest BCUT2D eigenvalue weighted by molar-refractivity contribution is -0.152. The number of carbonyl (C=O) groups excluding carboxylic acids is 2. The van der Waals surface area contributed by atoms with Gasteiger partial charge in [-0.25, -0.2) is 8.42 Å². The van der Waals surface area contributed by atoms with Gasteiger partial charge in [0, 0.05) is 17.8 Å². The third-order valence-corrected chi connectivity index (χ3v) is 8.68. The molecule has 0 bridgehead atoms. The van der Waals surface area contributed by atoms with Crippen LogP contribution in [0, 0.1) is 0 Å². The Labute approximate surface area is 218 Å². The van der Waals surface area contributed by atoms with Gasteiger partial charge >= 0.3 is 5.97 Å². The Morgan fingerprint density at radius 3 is 2.59 bits per heavy atom. The van der Waals surface area contributed by atoms with E-state index in [-0.39, 0.29) is 17.0 Å². The molecule has 0 spiro atoms. The number of nitrogens with one attached hydrogen (secondary N) is 1. The number of hydrogen-bond acceptors (Lipinski definition) is 8. The molecule has 0 radical (unpaired) electrons. The Hall–Kier alpha value is -3.67.